The number of allylic oxidation sites excluding steroid dienone is 1. The van der Waals surface area contributed by atoms with Crippen LogP contribution >= 0.6 is 0 Å². The number of ether oxygens (including phenoxy) is 2. The van der Waals surface area contributed by atoms with Crippen molar-refractivity contribution in [2.24, 2.45) is 0 Å². The molecule has 0 amide bonds. The van der Waals surface area contributed by atoms with Gasteiger partial charge in [0.2, 0.25) is 5.75 Å². The Morgan fingerprint density at radius 1 is 1.10 bits per heavy atom. The van der Waals surface area contributed by atoms with Crippen molar-refractivity contribution >= 4 is 5.57 Å². The van der Waals surface area contributed by atoms with E-state index in [9.17, 15) is 15.3 Å². The van der Waals surface area contributed by atoms with E-state index in [1.165, 1.54) is 13.2 Å². The summed E-state index contributed by atoms with van der Waals surface area (Å²) in [5, 5.41) is 29.3. The van der Waals surface area contributed by atoms with Crippen LogP contribution in [-0.4, -0.2) is 22.4 Å². The monoisotopic (exact) mass is 286 g/mol. The van der Waals surface area contributed by atoms with Crippen LogP contribution in [-0.2, 0) is 6.42 Å². The molecule has 21 heavy (non-hydrogen) atoms. The van der Waals surface area contributed by atoms with Crippen LogP contribution in [0, 0.1) is 0 Å². The van der Waals surface area contributed by atoms with Crippen molar-refractivity contribution in [2.75, 3.05) is 7.11 Å². The van der Waals surface area contributed by atoms with Gasteiger partial charge in [-0.25, -0.2) is 0 Å². The van der Waals surface area contributed by atoms with Gasteiger partial charge in [-0.3, -0.25) is 0 Å². The fourth-order valence-electron chi connectivity index (χ4n) is 2.34. The molecule has 0 fully saturated rings. The summed E-state index contributed by atoms with van der Waals surface area (Å²) in [6.45, 7) is 0. The van der Waals surface area contributed by atoms with Crippen LogP contribution in [0.2, 0.25) is 0 Å². The van der Waals surface area contributed by atoms with Crippen molar-refractivity contribution in [1.82, 2.24) is 0 Å². The lowest BCUT2D eigenvalue weighted by Crippen LogP contribution is -2.04. The zero-order valence-corrected chi connectivity index (χ0v) is 11.3. The molecule has 1 heterocycles. The topological polar surface area (TPSA) is 79.2 Å². The lowest BCUT2D eigenvalue weighted by molar-refractivity contribution is 0.337. The van der Waals surface area contributed by atoms with E-state index in [1.54, 1.807) is 30.5 Å². The Kier molecular flexibility index (Phi) is 3.10. The summed E-state index contributed by atoms with van der Waals surface area (Å²) >= 11 is 0. The molecule has 5 heteroatoms. The molecule has 1 aliphatic heterocycles. The van der Waals surface area contributed by atoms with Crippen molar-refractivity contribution in [3.8, 4) is 28.7 Å². The van der Waals surface area contributed by atoms with Crippen LogP contribution in [0.25, 0.3) is 5.57 Å². The van der Waals surface area contributed by atoms with Gasteiger partial charge in [-0.2, -0.15) is 0 Å². The highest BCUT2D eigenvalue weighted by Gasteiger charge is 2.23. The Labute approximate surface area is 121 Å². The second-order valence-electron chi connectivity index (χ2n) is 4.74. The van der Waals surface area contributed by atoms with Crippen LogP contribution in [0.4, 0.5) is 0 Å². The first kappa shape index (κ1) is 13.2. The molecule has 2 aromatic carbocycles. The summed E-state index contributed by atoms with van der Waals surface area (Å²) in [6, 6.07) is 8.12. The second kappa shape index (κ2) is 4.94. The Hall–Kier alpha value is -2.82. The van der Waals surface area contributed by atoms with Crippen molar-refractivity contribution in [2.45, 2.75) is 6.42 Å². The van der Waals surface area contributed by atoms with E-state index in [0.717, 1.165) is 11.1 Å². The third kappa shape index (κ3) is 2.23. The minimum atomic E-state index is -0.171. The summed E-state index contributed by atoms with van der Waals surface area (Å²) in [6.07, 6.45) is 2.00. The zero-order chi connectivity index (χ0) is 15.0. The maximum Gasteiger partial charge on any atom is 0.203 e. The molecule has 0 aliphatic carbocycles. The number of hydrogen-bond acceptors (Lipinski definition) is 5. The first-order valence-electron chi connectivity index (χ1n) is 6.37. The van der Waals surface area contributed by atoms with Gasteiger partial charge in [-0.05, 0) is 23.3 Å². The van der Waals surface area contributed by atoms with E-state index in [2.05, 4.69) is 0 Å². The van der Waals surface area contributed by atoms with Crippen LogP contribution in [0.3, 0.4) is 0 Å². The van der Waals surface area contributed by atoms with Crippen LogP contribution in [0.1, 0.15) is 11.1 Å². The lowest BCUT2D eigenvalue weighted by atomic mass is 9.96. The number of rotatable bonds is 2. The summed E-state index contributed by atoms with van der Waals surface area (Å²) in [4.78, 5) is 0. The predicted octanol–water partition coefficient (Wildman–Crippen LogP) is 2.79. The standard InChI is InChI=1S/C16H14O5/c1-20-16-13(18)7-14-12(15(16)19)6-10(8-21-14)9-2-4-11(17)5-3-9/h2-5,7-8,17-19H,6H2,1H3. The van der Waals surface area contributed by atoms with Gasteiger partial charge in [-0.15, -0.1) is 0 Å². The largest absolute Gasteiger partial charge is 0.508 e. The van der Waals surface area contributed by atoms with Crippen molar-refractivity contribution in [1.29, 1.82) is 0 Å². The first-order chi connectivity index (χ1) is 10.1. The van der Waals surface area contributed by atoms with E-state index < -0.39 is 0 Å². The Morgan fingerprint density at radius 3 is 2.48 bits per heavy atom. The average molecular weight is 286 g/mol. The van der Waals surface area contributed by atoms with Crippen LogP contribution in [0.15, 0.2) is 36.6 Å². The maximum absolute atomic E-state index is 10.2. The Balaban J connectivity index is 2.00. The molecular weight excluding hydrogens is 272 g/mol. The fourth-order valence-corrected chi connectivity index (χ4v) is 2.34. The summed E-state index contributed by atoms with van der Waals surface area (Å²) < 4.78 is 10.5. The number of benzene rings is 2. The van der Waals surface area contributed by atoms with Gasteiger partial charge >= 0.3 is 0 Å². The van der Waals surface area contributed by atoms with Gasteiger partial charge in [0, 0.05) is 18.1 Å². The predicted molar refractivity (Wildman–Crippen MR) is 76.7 cm³/mol. The van der Waals surface area contributed by atoms with Gasteiger partial charge in [0.15, 0.2) is 11.5 Å². The summed E-state index contributed by atoms with van der Waals surface area (Å²) in [5.41, 5.74) is 2.28. The molecule has 0 radical (unpaired) electrons. The highest BCUT2D eigenvalue weighted by Crippen LogP contribution is 2.47. The second-order valence-corrected chi connectivity index (χ2v) is 4.74. The number of phenolic OH excluding ortho intramolecular Hbond substituents is 3. The van der Waals surface area contributed by atoms with Gasteiger partial charge in [-0.1, -0.05) is 12.1 Å². The molecule has 0 unspecified atom stereocenters. The van der Waals surface area contributed by atoms with Gasteiger partial charge in [0.05, 0.1) is 13.4 Å². The summed E-state index contributed by atoms with van der Waals surface area (Å²) in [7, 11) is 1.38. The molecule has 3 N–H and O–H groups in total. The van der Waals surface area contributed by atoms with Gasteiger partial charge < -0.3 is 24.8 Å². The normalized spacial score (nSPS) is 13.1. The van der Waals surface area contributed by atoms with E-state index >= 15 is 0 Å². The minimum absolute atomic E-state index is 0.0318. The molecule has 2 aromatic rings. The lowest BCUT2D eigenvalue weighted by Gasteiger charge is -2.20. The highest BCUT2D eigenvalue weighted by atomic mass is 16.5. The van der Waals surface area contributed by atoms with Crippen LogP contribution in [0.5, 0.6) is 28.7 Å². The smallest absolute Gasteiger partial charge is 0.203 e. The number of fused-ring (bicyclic) bond motifs is 1. The summed E-state index contributed by atoms with van der Waals surface area (Å²) in [5.74, 6) is 0.315. The average Bonchev–Trinajstić information content (AvgIpc) is 2.48. The molecule has 0 bridgehead atoms. The third-order valence-electron chi connectivity index (χ3n) is 3.44. The molecule has 0 atom stereocenters. The Bertz CT molecular complexity index is 716. The van der Waals surface area contributed by atoms with Gasteiger partial charge in [0.1, 0.15) is 11.5 Å². The van der Waals surface area contributed by atoms with Crippen LogP contribution < -0.4 is 9.47 Å². The number of phenols is 3. The van der Waals surface area contributed by atoms with Crippen molar-refractivity contribution < 1.29 is 24.8 Å². The molecule has 108 valence electrons. The quantitative estimate of drug-likeness (QED) is 0.791. The minimum Gasteiger partial charge on any atom is -0.508 e. The molecule has 0 saturated heterocycles. The van der Waals surface area contributed by atoms with E-state index in [4.69, 9.17) is 9.47 Å². The van der Waals surface area contributed by atoms with Gasteiger partial charge in [0.25, 0.3) is 0 Å². The van der Waals surface area contributed by atoms with E-state index in [1.807, 2.05) is 0 Å². The molecule has 0 spiro atoms. The number of methoxy groups -OCH3 is 1. The highest BCUT2D eigenvalue weighted by molar-refractivity contribution is 5.74. The first-order valence-corrected chi connectivity index (χ1v) is 6.37. The van der Waals surface area contributed by atoms with E-state index in [0.29, 0.717) is 17.7 Å². The number of hydrogen-bond donors (Lipinski definition) is 3. The Morgan fingerprint density at radius 2 is 1.81 bits per heavy atom. The fraction of sp³-hybridized carbons (Fsp3) is 0.125. The molecule has 0 saturated carbocycles. The molecule has 3 rings (SSSR count). The molecule has 1 aliphatic rings. The van der Waals surface area contributed by atoms with Crippen molar-refractivity contribution in [3.63, 3.8) is 0 Å². The maximum atomic E-state index is 10.2. The molecular formula is C16H14O5. The molecule has 0 aromatic heterocycles. The van der Waals surface area contributed by atoms with Crippen molar-refractivity contribution in [3.05, 3.63) is 47.7 Å². The SMILES string of the molecule is COc1c(O)cc2c(c1O)CC(c1ccc(O)cc1)=CO2. The zero-order valence-electron chi connectivity index (χ0n) is 11.3. The third-order valence-corrected chi connectivity index (χ3v) is 3.44. The van der Waals surface area contributed by atoms with E-state index in [-0.39, 0.29) is 23.0 Å². The molecule has 5 nitrogen and oxygen atoms in total. The number of aromatic hydroxyl groups is 3.